The highest BCUT2D eigenvalue weighted by atomic mass is 35.5. The van der Waals surface area contributed by atoms with Crippen LogP contribution in [0.3, 0.4) is 0 Å². The van der Waals surface area contributed by atoms with Gasteiger partial charge in [-0.3, -0.25) is 9.98 Å². The first kappa shape index (κ1) is 35.9. The Kier molecular flexibility index (Phi) is 16.7. The molecule has 1 aliphatic carbocycles. The second-order valence-electron chi connectivity index (χ2n) is 10.2. The molecular weight excluding hydrogens is 555 g/mol. The van der Waals surface area contributed by atoms with Gasteiger partial charge in [-0.05, 0) is 78.6 Å². The van der Waals surface area contributed by atoms with E-state index in [-0.39, 0.29) is 24.8 Å². The number of guanidine groups is 2. The van der Waals surface area contributed by atoms with E-state index in [1.54, 1.807) is 0 Å². The summed E-state index contributed by atoms with van der Waals surface area (Å²) in [5.41, 5.74) is 26.7. The molecule has 2 aromatic carbocycles. The Hall–Kier alpha value is -3.10. The van der Waals surface area contributed by atoms with Crippen molar-refractivity contribution in [2.75, 3.05) is 13.1 Å². The maximum Gasteiger partial charge on any atom is 0.209 e. The van der Waals surface area contributed by atoms with Crippen molar-refractivity contribution in [2.45, 2.75) is 85.5 Å². The predicted octanol–water partition coefficient (Wildman–Crippen LogP) is 6.52. The molecular formula is C31H48Cl2N8. The van der Waals surface area contributed by atoms with Crippen molar-refractivity contribution in [3.63, 3.8) is 0 Å². The molecule has 3 rings (SSSR count). The van der Waals surface area contributed by atoms with Crippen molar-refractivity contribution < 1.29 is 0 Å². The molecule has 0 aliphatic heterocycles. The molecule has 0 aromatic heterocycles. The molecule has 41 heavy (non-hydrogen) atoms. The number of aliphatic imine (C=N–C) groups is 2. The molecule has 0 atom stereocenters. The number of nitrogens with zero attached hydrogens (tertiary/aromatic N) is 4. The number of fused-ring (bicyclic) bond motifs is 3. The Morgan fingerprint density at radius 3 is 1.46 bits per heavy atom. The van der Waals surface area contributed by atoms with Crippen molar-refractivity contribution in [3.05, 3.63) is 58.7 Å². The predicted molar refractivity (Wildman–Crippen MR) is 181 cm³/mol. The van der Waals surface area contributed by atoms with Crippen LogP contribution in [0.5, 0.6) is 0 Å². The number of benzene rings is 2. The summed E-state index contributed by atoms with van der Waals surface area (Å²) in [6.45, 7) is 9.82. The Morgan fingerprint density at radius 2 is 1.07 bits per heavy atom. The minimum Gasteiger partial charge on any atom is -0.369 e. The van der Waals surface area contributed by atoms with E-state index in [1.807, 2.05) is 13.8 Å². The molecule has 6 N–H and O–H groups in total. The van der Waals surface area contributed by atoms with Crippen LogP contribution in [-0.4, -0.2) is 36.4 Å². The smallest absolute Gasteiger partial charge is 0.209 e. The number of hydrogen-bond acceptors (Lipinski definition) is 4. The lowest BCUT2D eigenvalue weighted by atomic mass is 10.0. The highest BCUT2D eigenvalue weighted by Crippen LogP contribution is 2.37. The van der Waals surface area contributed by atoms with Gasteiger partial charge in [0.05, 0.1) is 11.4 Å². The van der Waals surface area contributed by atoms with Crippen LogP contribution >= 0.6 is 24.8 Å². The highest BCUT2D eigenvalue weighted by molar-refractivity contribution is 6.02. The van der Waals surface area contributed by atoms with Crippen molar-refractivity contribution in [2.24, 2.45) is 31.7 Å². The summed E-state index contributed by atoms with van der Waals surface area (Å²) in [5.74, 6) is 0.719. The van der Waals surface area contributed by atoms with Gasteiger partial charge in [-0.1, -0.05) is 76.6 Å². The van der Waals surface area contributed by atoms with Gasteiger partial charge in [0.2, 0.25) is 11.9 Å². The van der Waals surface area contributed by atoms with Crippen LogP contribution in [0.25, 0.3) is 11.1 Å². The van der Waals surface area contributed by atoms with Gasteiger partial charge >= 0.3 is 0 Å². The van der Waals surface area contributed by atoms with Crippen LogP contribution in [0.15, 0.2) is 56.6 Å². The summed E-state index contributed by atoms with van der Waals surface area (Å²) in [4.78, 5) is 8.73. The maximum atomic E-state index is 5.98. The van der Waals surface area contributed by atoms with E-state index in [4.69, 9.17) is 11.5 Å². The van der Waals surface area contributed by atoms with Crippen LogP contribution in [0.4, 0.5) is 0 Å². The molecule has 0 heterocycles. The summed E-state index contributed by atoms with van der Waals surface area (Å²) >= 11 is 0. The van der Waals surface area contributed by atoms with Crippen LogP contribution in [-0.2, 0) is 6.42 Å². The second-order valence-corrected chi connectivity index (χ2v) is 10.2. The molecule has 2 aromatic rings. The van der Waals surface area contributed by atoms with Gasteiger partial charge in [-0.2, -0.15) is 10.2 Å². The monoisotopic (exact) mass is 602 g/mol. The molecule has 226 valence electrons. The van der Waals surface area contributed by atoms with Crippen LogP contribution in [0.2, 0.25) is 0 Å². The van der Waals surface area contributed by atoms with Gasteiger partial charge < -0.3 is 11.5 Å². The number of unbranched alkanes of at least 4 members (excludes halogenated alkanes) is 6. The Morgan fingerprint density at radius 1 is 0.659 bits per heavy atom. The number of nitrogens with two attached hydrogens (primary N) is 2. The molecule has 0 saturated carbocycles. The molecule has 0 saturated heterocycles. The summed E-state index contributed by atoms with van der Waals surface area (Å²) < 4.78 is 0. The number of nitrogens with one attached hydrogen (secondary N) is 2. The molecule has 1 aliphatic rings. The van der Waals surface area contributed by atoms with Crippen LogP contribution < -0.4 is 22.3 Å². The van der Waals surface area contributed by atoms with Gasteiger partial charge in [0, 0.05) is 13.1 Å². The standard InChI is InChI=1S/C31H46N8.2ClH/c1-5-7-9-11-17-34-30(32)38-36-22(3)24-13-15-28-26(19-24)21-27-20-25(14-16-29(27)28)23(4)37-39-31(33)35-18-12-10-8-6-2;;/h13-16,19-20H,5-12,17-18,21H2,1-4H3,(H3,32,34,38)(H3,33,35,39);2*1H. The average Bonchev–Trinajstić information content (AvgIpc) is 3.31. The minimum absolute atomic E-state index is 0. The quantitative estimate of drug-likeness (QED) is 0.0725. The molecule has 0 bridgehead atoms. The average molecular weight is 604 g/mol. The molecule has 0 spiro atoms. The first-order valence-electron chi connectivity index (χ1n) is 14.4. The zero-order chi connectivity index (χ0) is 28.0. The van der Waals surface area contributed by atoms with E-state index in [0.717, 1.165) is 54.9 Å². The number of hydrazone groups is 2. The summed E-state index contributed by atoms with van der Waals surface area (Å²) in [6, 6.07) is 13.0. The van der Waals surface area contributed by atoms with E-state index in [2.05, 4.69) is 81.3 Å². The molecule has 0 fully saturated rings. The number of rotatable bonds is 14. The first-order valence-corrected chi connectivity index (χ1v) is 14.4. The van der Waals surface area contributed by atoms with Crippen molar-refractivity contribution in [1.82, 2.24) is 10.9 Å². The molecule has 10 heteroatoms. The van der Waals surface area contributed by atoms with E-state index in [0.29, 0.717) is 11.9 Å². The molecule has 0 unspecified atom stereocenters. The van der Waals surface area contributed by atoms with E-state index >= 15 is 0 Å². The van der Waals surface area contributed by atoms with Gasteiger partial charge in [-0.25, -0.2) is 10.9 Å². The normalized spacial score (nSPS) is 13.2. The van der Waals surface area contributed by atoms with E-state index in [9.17, 15) is 0 Å². The lowest BCUT2D eigenvalue weighted by molar-refractivity contribution is 0.673. The fraction of sp³-hybridized carbons (Fsp3) is 0.484. The second kappa shape index (κ2) is 19.1. The SMILES string of the molecule is CCCCCCN=C(N)NN=C(C)c1ccc2c(c1)Cc1cc(C(C)=NNC(N)=NCCCCCC)ccc1-2.Cl.Cl. The third-order valence-corrected chi connectivity index (χ3v) is 6.98. The summed E-state index contributed by atoms with van der Waals surface area (Å²) in [7, 11) is 0. The Bertz CT molecular complexity index is 1130. The molecule has 8 nitrogen and oxygen atoms in total. The van der Waals surface area contributed by atoms with E-state index in [1.165, 1.54) is 60.8 Å². The lowest BCUT2D eigenvalue weighted by Gasteiger charge is -2.07. The third-order valence-electron chi connectivity index (χ3n) is 6.98. The Labute approximate surface area is 258 Å². The van der Waals surface area contributed by atoms with Crippen molar-refractivity contribution in [1.29, 1.82) is 0 Å². The zero-order valence-corrected chi connectivity index (χ0v) is 26.6. The van der Waals surface area contributed by atoms with Gasteiger partial charge in [-0.15, -0.1) is 24.8 Å². The van der Waals surface area contributed by atoms with Crippen molar-refractivity contribution >= 4 is 48.2 Å². The fourth-order valence-electron chi connectivity index (χ4n) is 4.62. The van der Waals surface area contributed by atoms with Crippen LogP contribution in [0, 0.1) is 0 Å². The number of hydrogen-bond donors (Lipinski definition) is 4. The third kappa shape index (κ3) is 11.4. The topological polar surface area (TPSA) is 126 Å². The van der Waals surface area contributed by atoms with Gasteiger partial charge in [0.25, 0.3) is 0 Å². The molecule has 0 amide bonds. The van der Waals surface area contributed by atoms with Gasteiger partial charge in [0.1, 0.15) is 0 Å². The summed E-state index contributed by atoms with van der Waals surface area (Å²) in [6.07, 6.45) is 10.2. The molecule has 0 radical (unpaired) electrons. The van der Waals surface area contributed by atoms with Crippen molar-refractivity contribution in [3.8, 4) is 11.1 Å². The maximum absolute atomic E-state index is 5.98. The zero-order valence-electron chi connectivity index (χ0n) is 25.0. The number of halogens is 2. The minimum atomic E-state index is 0. The Balaban J connectivity index is 0.00000420. The van der Waals surface area contributed by atoms with Gasteiger partial charge in [0.15, 0.2) is 0 Å². The summed E-state index contributed by atoms with van der Waals surface area (Å²) in [5, 5.41) is 8.91. The lowest BCUT2D eigenvalue weighted by Crippen LogP contribution is -2.28. The van der Waals surface area contributed by atoms with E-state index < -0.39 is 0 Å². The largest absolute Gasteiger partial charge is 0.369 e. The highest BCUT2D eigenvalue weighted by Gasteiger charge is 2.20. The first-order chi connectivity index (χ1) is 18.9. The van der Waals surface area contributed by atoms with Crippen LogP contribution in [0.1, 0.15) is 101 Å². The fourth-order valence-corrected chi connectivity index (χ4v) is 4.62.